The second-order valence-corrected chi connectivity index (χ2v) is 10.8. The molecule has 0 fully saturated rings. The van der Waals surface area contributed by atoms with Crippen LogP contribution in [-0.2, 0) is 23.9 Å². The molecule has 3 amide bonds. The highest BCUT2D eigenvalue weighted by molar-refractivity contribution is 5.92. The highest BCUT2D eigenvalue weighted by Crippen LogP contribution is 2.27. The SMILES string of the molecule is CCCCCCN(C(=O)C(NC(=O)OC(C)(C)C)C(C)C)C(C(=O)NCCC(=O)OCC)c1cccc(O)c1. The van der Waals surface area contributed by atoms with E-state index in [2.05, 4.69) is 17.6 Å². The maximum absolute atomic E-state index is 14.1. The van der Waals surface area contributed by atoms with E-state index in [-0.39, 0.29) is 37.8 Å². The standard InChI is InChI=1S/C29H47N3O7/c1-8-10-11-12-18-32(27(36)24(20(3)4)31-28(37)39-29(5,6)7)25(21-14-13-15-22(33)19-21)26(35)30-17-16-23(34)38-9-2/h13-15,19-20,24-25,33H,8-12,16-18H2,1-7H3,(H,30,35)(H,31,37). The summed E-state index contributed by atoms with van der Waals surface area (Å²) in [6, 6.07) is 4.12. The molecular formula is C29H47N3O7. The Morgan fingerprint density at radius 2 is 1.74 bits per heavy atom. The van der Waals surface area contributed by atoms with E-state index in [1.54, 1.807) is 53.7 Å². The lowest BCUT2D eigenvalue weighted by molar-refractivity contribution is -0.144. The van der Waals surface area contributed by atoms with Gasteiger partial charge in [0.1, 0.15) is 23.4 Å². The van der Waals surface area contributed by atoms with Gasteiger partial charge in [0.15, 0.2) is 0 Å². The number of phenols is 1. The van der Waals surface area contributed by atoms with Gasteiger partial charge in [-0.2, -0.15) is 0 Å². The van der Waals surface area contributed by atoms with Crippen molar-refractivity contribution in [3.8, 4) is 5.75 Å². The molecule has 0 aliphatic heterocycles. The zero-order valence-corrected chi connectivity index (χ0v) is 24.5. The third-order valence-corrected chi connectivity index (χ3v) is 5.82. The van der Waals surface area contributed by atoms with E-state index in [1.807, 2.05) is 0 Å². The van der Waals surface area contributed by atoms with Crippen molar-refractivity contribution >= 4 is 23.9 Å². The van der Waals surface area contributed by atoms with E-state index in [4.69, 9.17) is 9.47 Å². The fraction of sp³-hybridized carbons (Fsp3) is 0.655. The Labute approximate surface area is 232 Å². The van der Waals surface area contributed by atoms with E-state index in [1.165, 1.54) is 17.0 Å². The fourth-order valence-corrected chi connectivity index (χ4v) is 3.99. The van der Waals surface area contributed by atoms with Crippen molar-refractivity contribution in [1.29, 1.82) is 0 Å². The minimum absolute atomic E-state index is 0.0222. The first-order chi connectivity index (χ1) is 18.3. The van der Waals surface area contributed by atoms with Crippen LogP contribution in [0.4, 0.5) is 4.79 Å². The van der Waals surface area contributed by atoms with E-state index < -0.39 is 41.6 Å². The van der Waals surface area contributed by atoms with Crippen LogP contribution in [0.3, 0.4) is 0 Å². The first-order valence-electron chi connectivity index (χ1n) is 13.8. The molecule has 0 saturated carbocycles. The lowest BCUT2D eigenvalue weighted by Crippen LogP contribution is -2.55. The van der Waals surface area contributed by atoms with Gasteiger partial charge in [-0.3, -0.25) is 14.4 Å². The number of alkyl carbamates (subject to hydrolysis) is 1. The van der Waals surface area contributed by atoms with Gasteiger partial charge < -0.3 is 30.1 Å². The van der Waals surface area contributed by atoms with Crippen molar-refractivity contribution in [3.05, 3.63) is 29.8 Å². The number of nitrogens with one attached hydrogen (secondary N) is 2. The highest BCUT2D eigenvalue weighted by atomic mass is 16.6. The molecule has 0 bridgehead atoms. The number of carbonyl (C=O) groups excluding carboxylic acids is 4. The number of aromatic hydroxyl groups is 1. The van der Waals surface area contributed by atoms with Gasteiger partial charge >= 0.3 is 12.1 Å². The van der Waals surface area contributed by atoms with E-state index in [9.17, 15) is 24.3 Å². The first kappa shape index (κ1) is 33.7. The summed E-state index contributed by atoms with van der Waals surface area (Å²) < 4.78 is 10.3. The van der Waals surface area contributed by atoms with Crippen LogP contribution in [0.15, 0.2) is 24.3 Å². The summed E-state index contributed by atoms with van der Waals surface area (Å²) in [5.41, 5.74) is -0.343. The number of rotatable bonds is 15. The van der Waals surface area contributed by atoms with Crippen molar-refractivity contribution in [3.63, 3.8) is 0 Å². The largest absolute Gasteiger partial charge is 0.508 e. The van der Waals surface area contributed by atoms with Gasteiger partial charge in [0, 0.05) is 13.1 Å². The summed E-state index contributed by atoms with van der Waals surface area (Å²) in [6.07, 6.45) is 2.70. The summed E-state index contributed by atoms with van der Waals surface area (Å²) in [5, 5.41) is 15.6. The summed E-state index contributed by atoms with van der Waals surface area (Å²) >= 11 is 0. The molecule has 1 aromatic rings. The molecule has 1 aromatic carbocycles. The average molecular weight is 550 g/mol. The summed E-state index contributed by atoms with van der Waals surface area (Å²) in [5.74, 6) is -1.75. The smallest absolute Gasteiger partial charge is 0.408 e. The summed E-state index contributed by atoms with van der Waals surface area (Å²) in [4.78, 5) is 53.5. The van der Waals surface area contributed by atoms with Gasteiger partial charge in [0.05, 0.1) is 13.0 Å². The second-order valence-electron chi connectivity index (χ2n) is 10.8. The number of ether oxygens (including phenoxy) is 2. The van der Waals surface area contributed by atoms with Crippen LogP contribution in [0, 0.1) is 5.92 Å². The second kappa shape index (κ2) is 16.6. The Balaban J connectivity index is 3.40. The topological polar surface area (TPSA) is 134 Å². The Hall–Kier alpha value is -3.30. The Morgan fingerprint density at radius 3 is 2.31 bits per heavy atom. The predicted molar refractivity (Wildman–Crippen MR) is 149 cm³/mol. The van der Waals surface area contributed by atoms with Gasteiger partial charge in [0.2, 0.25) is 11.8 Å². The normalized spacial score (nSPS) is 12.8. The zero-order chi connectivity index (χ0) is 29.6. The third kappa shape index (κ3) is 12.4. The molecule has 10 heteroatoms. The van der Waals surface area contributed by atoms with Crippen LogP contribution in [0.2, 0.25) is 0 Å². The number of amides is 3. The first-order valence-corrected chi connectivity index (χ1v) is 13.8. The molecule has 39 heavy (non-hydrogen) atoms. The van der Waals surface area contributed by atoms with Gasteiger partial charge in [-0.15, -0.1) is 0 Å². The van der Waals surface area contributed by atoms with Crippen LogP contribution in [-0.4, -0.2) is 65.2 Å². The number of esters is 1. The maximum Gasteiger partial charge on any atom is 0.408 e. The number of unbranched alkanes of at least 4 members (excludes halogenated alkanes) is 3. The number of benzene rings is 1. The van der Waals surface area contributed by atoms with Crippen molar-refractivity contribution in [2.75, 3.05) is 19.7 Å². The lowest BCUT2D eigenvalue weighted by atomic mass is 9.98. The predicted octanol–water partition coefficient (Wildman–Crippen LogP) is 4.46. The minimum atomic E-state index is -1.10. The minimum Gasteiger partial charge on any atom is -0.508 e. The maximum atomic E-state index is 14.1. The molecule has 10 nitrogen and oxygen atoms in total. The van der Waals surface area contributed by atoms with Crippen LogP contribution < -0.4 is 10.6 Å². The molecular weight excluding hydrogens is 502 g/mol. The fourth-order valence-electron chi connectivity index (χ4n) is 3.99. The van der Waals surface area contributed by atoms with E-state index in [0.717, 1.165) is 19.3 Å². The molecule has 2 atom stereocenters. The summed E-state index contributed by atoms with van der Waals surface area (Å²) in [7, 11) is 0. The van der Waals surface area contributed by atoms with Crippen LogP contribution in [0.25, 0.3) is 0 Å². The molecule has 0 spiro atoms. The molecule has 3 N–H and O–H groups in total. The number of carbonyl (C=O) groups is 4. The quantitative estimate of drug-likeness (QED) is 0.217. The molecule has 0 aliphatic carbocycles. The zero-order valence-electron chi connectivity index (χ0n) is 24.5. The Bertz CT molecular complexity index is 943. The monoisotopic (exact) mass is 549 g/mol. The third-order valence-electron chi connectivity index (χ3n) is 5.82. The van der Waals surface area contributed by atoms with E-state index >= 15 is 0 Å². The van der Waals surface area contributed by atoms with Crippen molar-refractivity contribution in [2.45, 2.75) is 98.3 Å². The molecule has 0 saturated heterocycles. The van der Waals surface area contributed by atoms with Crippen molar-refractivity contribution in [1.82, 2.24) is 15.5 Å². The number of hydrogen-bond donors (Lipinski definition) is 3. The van der Waals surface area contributed by atoms with Crippen molar-refractivity contribution in [2.24, 2.45) is 5.92 Å². The van der Waals surface area contributed by atoms with Gasteiger partial charge in [-0.25, -0.2) is 4.79 Å². The number of hydrogen-bond acceptors (Lipinski definition) is 7. The highest BCUT2D eigenvalue weighted by Gasteiger charge is 2.37. The van der Waals surface area contributed by atoms with Crippen LogP contribution in [0.5, 0.6) is 5.75 Å². The molecule has 1 rings (SSSR count). The Kier molecular flexibility index (Phi) is 14.4. The summed E-state index contributed by atoms with van der Waals surface area (Å²) in [6.45, 7) is 13.1. The van der Waals surface area contributed by atoms with Gasteiger partial charge in [-0.1, -0.05) is 52.2 Å². The van der Waals surface area contributed by atoms with Crippen molar-refractivity contribution < 1.29 is 33.8 Å². The average Bonchev–Trinajstić information content (AvgIpc) is 2.83. The van der Waals surface area contributed by atoms with Crippen LogP contribution in [0.1, 0.15) is 92.2 Å². The van der Waals surface area contributed by atoms with Crippen LogP contribution >= 0.6 is 0 Å². The lowest BCUT2D eigenvalue weighted by Gasteiger charge is -2.35. The van der Waals surface area contributed by atoms with E-state index in [0.29, 0.717) is 12.0 Å². The molecule has 220 valence electrons. The molecule has 0 aliphatic rings. The molecule has 0 aromatic heterocycles. The van der Waals surface area contributed by atoms with Gasteiger partial charge in [-0.05, 0) is 57.7 Å². The molecule has 0 heterocycles. The Morgan fingerprint density at radius 1 is 1.05 bits per heavy atom. The number of phenolic OH excluding ortho intramolecular Hbond substituents is 1. The molecule has 2 unspecified atom stereocenters. The van der Waals surface area contributed by atoms with Gasteiger partial charge in [0.25, 0.3) is 0 Å². The number of nitrogens with zero attached hydrogens (tertiary/aromatic N) is 1. The molecule has 0 radical (unpaired) electrons.